The quantitative estimate of drug-likeness (QED) is 0.867. The van der Waals surface area contributed by atoms with Gasteiger partial charge >= 0.3 is 0 Å². The predicted molar refractivity (Wildman–Crippen MR) is 85.3 cm³/mol. The fourth-order valence-electron chi connectivity index (χ4n) is 2.59. The predicted octanol–water partition coefficient (Wildman–Crippen LogP) is 1.53. The fourth-order valence-corrected chi connectivity index (χ4v) is 3.88. The van der Waals surface area contributed by atoms with Crippen LogP contribution >= 0.6 is 0 Å². The minimum atomic E-state index is -3.35. The van der Waals surface area contributed by atoms with E-state index in [0.717, 1.165) is 18.4 Å². The van der Waals surface area contributed by atoms with E-state index in [4.69, 9.17) is 0 Å². The molecule has 2 rings (SSSR count). The smallest absolute Gasteiger partial charge is 0.279 e. The molecule has 0 spiro atoms. The molecule has 1 atom stereocenters. The van der Waals surface area contributed by atoms with Crippen molar-refractivity contribution in [3.8, 4) is 0 Å². The van der Waals surface area contributed by atoms with E-state index in [9.17, 15) is 8.42 Å². The molecular formula is C15H25N3O2S. The van der Waals surface area contributed by atoms with Crippen LogP contribution in [0.1, 0.15) is 30.0 Å². The van der Waals surface area contributed by atoms with Gasteiger partial charge in [-0.05, 0) is 39.4 Å². The minimum Gasteiger partial charge on any atom is -0.301 e. The second kappa shape index (κ2) is 6.87. The summed E-state index contributed by atoms with van der Waals surface area (Å²) in [6.45, 7) is 3.69. The summed E-state index contributed by atoms with van der Waals surface area (Å²) in [5.41, 5.74) is 2.32. The van der Waals surface area contributed by atoms with Crippen LogP contribution in [0, 0.1) is 6.92 Å². The lowest BCUT2D eigenvalue weighted by Gasteiger charge is -2.26. The van der Waals surface area contributed by atoms with Gasteiger partial charge in [-0.15, -0.1) is 0 Å². The molecule has 0 aliphatic carbocycles. The van der Waals surface area contributed by atoms with Crippen LogP contribution in [-0.4, -0.2) is 51.4 Å². The summed E-state index contributed by atoms with van der Waals surface area (Å²) in [7, 11) is 0.586. The lowest BCUT2D eigenvalue weighted by Crippen LogP contribution is -2.42. The number of likely N-dealkylation sites (N-methyl/N-ethyl adjacent to an activating group) is 1. The van der Waals surface area contributed by atoms with Crippen molar-refractivity contribution in [3.05, 3.63) is 35.4 Å². The van der Waals surface area contributed by atoms with Crippen molar-refractivity contribution in [2.75, 3.05) is 33.7 Å². The van der Waals surface area contributed by atoms with E-state index in [-0.39, 0.29) is 6.04 Å². The zero-order chi connectivity index (χ0) is 15.5. The van der Waals surface area contributed by atoms with Crippen LogP contribution in [0.15, 0.2) is 24.3 Å². The molecule has 1 aliphatic rings. The molecule has 1 aromatic rings. The van der Waals surface area contributed by atoms with Crippen molar-refractivity contribution in [1.29, 1.82) is 0 Å². The maximum Gasteiger partial charge on any atom is 0.279 e. The summed E-state index contributed by atoms with van der Waals surface area (Å²) in [4.78, 5) is 2.04. The molecule has 1 aliphatic heterocycles. The molecule has 1 aromatic carbocycles. The Morgan fingerprint density at radius 3 is 2.29 bits per heavy atom. The van der Waals surface area contributed by atoms with Crippen molar-refractivity contribution in [2.45, 2.75) is 25.8 Å². The lowest BCUT2D eigenvalue weighted by molar-refractivity contribution is 0.297. The standard InChI is InChI=1S/C15H25N3O2S/c1-13-6-8-14(9-7-13)15(17(2)3)12-16-21(19,20)18-10-4-5-11-18/h6-9,15-16H,4-5,10-12H2,1-3H3. The molecule has 1 fully saturated rings. The normalized spacial score (nSPS) is 18.3. The highest BCUT2D eigenvalue weighted by molar-refractivity contribution is 7.87. The zero-order valence-electron chi connectivity index (χ0n) is 13.0. The first-order valence-corrected chi connectivity index (χ1v) is 8.82. The molecular weight excluding hydrogens is 286 g/mol. The second-order valence-corrected chi connectivity index (χ2v) is 7.60. The average Bonchev–Trinajstić information content (AvgIpc) is 2.95. The minimum absolute atomic E-state index is 0.0305. The summed E-state index contributed by atoms with van der Waals surface area (Å²) in [5, 5.41) is 0. The fraction of sp³-hybridized carbons (Fsp3) is 0.600. The molecule has 0 radical (unpaired) electrons. The third-order valence-electron chi connectivity index (χ3n) is 3.95. The lowest BCUT2D eigenvalue weighted by atomic mass is 10.0. The number of aryl methyl sites for hydroxylation is 1. The summed E-state index contributed by atoms with van der Waals surface area (Å²) in [6, 6.07) is 8.26. The van der Waals surface area contributed by atoms with Crippen molar-refractivity contribution >= 4 is 10.2 Å². The Labute approximate surface area is 128 Å². The molecule has 5 nitrogen and oxygen atoms in total. The van der Waals surface area contributed by atoms with Gasteiger partial charge in [0.15, 0.2) is 0 Å². The maximum atomic E-state index is 12.2. The largest absolute Gasteiger partial charge is 0.301 e. The Balaban J connectivity index is 2.05. The van der Waals surface area contributed by atoms with Gasteiger partial charge in [0.05, 0.1) is 0 Å². The van der Waals surface area contributed by atoms with Crippen LogP contribution in [0.4, 0.5) is 0 Å². The van der Waals surface area contributed by atoms with Crippen LogP contribution in [0.5, 0.6) is 0 Å². The summed E-state index contributed by atoms with van der Waals surface area (Å²) >= 11 is 0. The third kappa shape index (κ3) is 4.26. The van der Waals surface area contributed by atoms with Crippen molar-refractivity contribution in [1.82, 2.24) is 13.9 Å². The average molecular weight is 311 g/mol. The molecule has 0 amide bonds. The third-order valence-corrected chi connectivity index (χ3v) is 5.53. The van der Waals surface area contributed by atoms with E-state index in [1.807, 2.05) is 25.9 Å². The van der Waals surface area contributed by atoms with Gasteiger partial charge in [-0.2, -0.15) is 12.7 Å². The number of rotatable bonds is 6. The van der Waals surface area contributed by atoms with Gasteiger partial charge < -0.3 is 4.90 Å². The molecule has 1 unspecified atom stereocenters. The molecule has 21 heavy (non-hydrogen) atoms. The van der Waals surface area contributed by atoms with E-state index >= 15 is 0 Å². The van der Waals surface area contributed by atoms with E-state index in [2.05, 4.69) is 29.0 Å². The van der Waals surface area contributed by atoms with Crippen LogP contribution in [0.2, 0.25) is 0 Å². The van der Waals surface area contributed by atoms with Crippen LogP contribution < -0.4 is 4.72 Å². The topological polar surface area (TPSA) is 52.7 Å². The first-order chi connectivity index (χ1) is 9.90. The van der Waals surface area contributed by atoms with Crippen molar-refractivity contribution < 1.29 is 8.42 Å². The van der Waals surface area contributed by atoms with Gasteiger partial charge in [0.2, 0.25) is 0 Å². The zero-order valence-corrected chi connectivity index (χ0v) is 13.9. The van der Waals surface area contributed by atoms with E-state index in [1.54, 1.807) is 0 Å². The molecule has 0 bridgehead atoms. The SMILES string of the molecule is Cc1ccc(C(CNS(=O)(=O)N2CCCC2)N(C)C)cc1. The van der Waals surface area contributed by atoms with Gasteiger partial charge in [-0.1, -0.05) is 29.8 Å². The Hall–Kier alpha value is -0.950. The van der Waals surface area contributed by atoms with Crippen molar-refractivity contribution in [2.24, 2.45) is 0 Å². The Morgan fingerprint density at radius 1 is 1.19 bits per heavy atom. The molecule has 6 heteroatoms. The highest BCUT2D eigenvalue weighted by Gasteiger charge is 2.26. The first kappa shape index (κ1) is 16.4. The van der Waals surface area contributed by atoms with Gasteiger partial charge in [-0.3, -0.25) is 0 Å². The summed E-state index contributed by atoms with van der Waals surface area (Å²) in [6.07, 6.45) is 1.91. The number of nitrogens with one attached hydrogen (secondary N) is 1. The Kier molecular flexibility index (Phi) is 5.37. The number of nitrogens with zero attached hydrogens (tertiary/aromatic N) is 2. The van der Waals surface area contributed by atoms with Gasteiger partial charge in [-0.25, -0.2) is 4.72 Å². The first-order valence-electron chi connectivity index (χ1n) is 7.38. The van der Waals surface area contributed by atoms with Gasteiger partial charge in [0, 0.05) is 25.7 Å². The highest BCUT2D eigenvalue weighted by atomic mass is 32.2. The molecule has 1 N–H and O–H groups in total. The van der Waals surface area contributed by atoms with Crippen LogP contribution in [0.3, 0.4) is 0 Å². The summed E-state index contributed by atoms with van der Waals surface area (Å²) in [5.74, 6) is 0. The van der Waals surface area contributed by atoms with E-state index in [0.29, 0.717) is 19.6 Å². The Bertz CT molecular complexity index is 549. The molecule has 0 aromatic heterocycles. The maximum absolute atomic E-state index is 12.2. The van der Waals surface area contributed by atoms with Gasteiger partial charge in [0.25, 0.3) is 10.2 Å². The van der Waals surface area contributed by atoms with Crippen molar-refractivity contribution in [3.63, 3.8) is 0 Å². The van der Waals surface area contributed by atoms with Gasteiger partial charge in [0.1, 0.15) is 0 Å². The second-order valence-electron chi connectivity index (χ2n) is 5.85. The Morgan fingerprint density at radius 2 is 1.76 bits per heavy atom. The number of benzene rings is 1. The van der Waals surface area contributed by atoms with E-state index in [1.165, 1.54) is 9.87 Å². The van der Waals surface area contributed by atoms with Crippen LogP contribution in [0.25, 0.3) is 0 Å². The number of hydrogen-bond donors (Lipinski definition) is 1. The van der Waals surface area contributed by atoms with Crippen LogP contribution in [-0.2, 0) is 10.2 Å². The molecule has 1 heterocycles. The molecule has 1 saturated heterocycles. The molecule has 118 valence electrons. The van der Waals surface area contributed by atoms with E-state index < -0.39 is 10.2 Å². The monoisotopic (exact) mass is 311 g/mol. The summed E-state index contributed by atoms with van der Waals surface area (Å²) < 4.78 is 28.8. The highest BCUT2D eigenvalue weighted by Crippen LogP contribution is 2.19. The molecule has 0 saturated carbocycles. The number of hydrogen-bond acceptors (Lipinski definition) is 3.